The predicted octanol–water partition coefficient (Wildman–Crippen LogP) is 3.24. The first kappa shape index (κ1) is 14.5. The quantitative estimate of drug-likeness (QED) is 0.595. The first-order valence-corrected chi connectivity index (χ1v) is 7.14. The maximum Gasteiger partial charge on any atom is 0.166 e. The molecule has 3 atom stereocenters. The molecule has 1 fully saturated rings. The van der Waals surface area contributed by atoms with Crippen LogP contribution in [0.2, 0.25) is 0 Å². The molecule has 0 heterocycles. The second-order valence-electron chi connectivity index (χ2n) is 5.39. The molecule has 1 aliphatic rings. The Morgan fingerprint density at radius 1 is 1.41 bits per heavy atom. The van der Waals surface area contributed by atoms with Crippen LogP contribution in [-0.2, 0) is 0 Å². The van der Waals surface area contributed by atoms with E-state index in [9.17, 15) is 0 Å². The fourth-order valence-corrected chi connectivity index (χ4v) is 2.89. The minimum absolute atomic E-state index is 0.541. The van der Waals surface area contributed by atoms with Crippen LogP contribution in [0.5, 0.6) is 0 Å². The van der Waals surface area contributed by atoms with Crippen molar-refractivity contribution >= 4 is 17.3 Å². The van der Waals surface area contributed by atoms with Gasteiger partial charge in [-0.25, -0.2) is 0 Å². The van der Waals surface area contributed by atoms with Crippen LogP contribution in [-0.4, -0.2) is 17.7 Å². The molecule has 0 amide bonds. The Morgan fingerprint density at radius 2 is 2.12 bits per heavy atom. The van der Waals surface area contributed by atoms with Crippen LogP contribution in [0.1, 0.15) is 46.5 Å². The molecule has 0 spiro atoms. The van der Waals surface area contributed by atoms with Gasteiger partial charge >= 0.3 is 0 Å². The average Bonchev–Trinajstić information content (AvgIpc) is 2.29. The van der Waals surface area contributed by atoms with Crippen molar-refractivity contribution in [2.45, 2.75) is 52.5 Å². The normalized spacial score (nSPS) is 28.5. The van der Waals surface area contributed by atoms with E-state index in [1.54, 1.807) is 0 Å². The molecule has 98 valence electrons. The zero-order valence-electron chi connectivity index (χ0n) is 11.4. The molecule has 0 aromatic carbocycles. The molecular formula is C14H26N2S. The third-order valence-corrected chi connectivity index (χ3v) is 3.99. The van der Waals surface area contributed by atoms with Crippen molar-refractivity contribution in [2.24, 2.45) is 11.8 Å². The Morgan fingerprint density at radius 3 is 2.71 bits per heavy atom. The van der Waals surface area contributed by atoms with Crippen LogP contribution in [0, 0.1) is 11.8 Å². The van der Waals surface area contributed by atoms with E-state index in [-0.39, 0.29) is 0 Å². The fourth-order valence-electron chi connectivity index (χ4n) is 2.68. The summed E-state index contributed by atoms with van der Waals surface area (Å²) >= 11 is 5.34. The molecule has 1 saturated carbocycles. The highest BCUT2D eigenvalue weighted by molar-refractivity contribution is 7.80. The molecule has 1 rings (SSSR count). The Labute approximate surface area is 111 Å². The molecule has 0 aromatic rings. The van der Waals surface area contributed by atoms with Crippen molar-refractivity contribution in [1.29, 1.82) is 0 Å². The van der Waals surface area contributed by atoms with E-state index in [1.165, 1.54) is 25.7 Å². The Balaban J connectivity index is 2.45. The zero-order valence-corrected chi connectivity index (χ0v) is 12.2. The lowest BCUT2D eigenvalue weighted by Gasteiger charge is -2.37. The Kier molecular flexibility index (Phi) is 5.96. The summed E-state index contributed by atoms with van der Waals surface area (Å²) in [5.74, 6) is 1.49. The van der Waals surface area contributed by atoms with Gasteiger partial charge in [0.1, 0.15) is 0 Å². The molecule has 0 bridgehead atoms. The maximum atomic E-state index is 5.34. The zero-order chi connectivity index (χ0) is 12.8. The van der Waals surface area contributed by atoms with Gasteiger partial charge in [-0.3, -0.25) is 0 Å². The number of hydrogen-bond acceptors (Lipinski definition) is 1. The third-order valence-electron chi connectivity index (χ3n) is 3.73. The summed E-state index contributed by atoms with van der Waals surface area (Å²) in [6.45, 7) is 11.3. The van der Waals surface area contributed by atoms with Gasteiger partial charge in [-0.15, -0.1) is 0 Å². The van der Waals surface area contributed by atoms with Crippen molar-refractivity contribution in [2.75, 3.05) is 6.54 Å². The smallest absolute Gasteiger partial charge is 0.166 e. The first-order chi connectivity index (χ1) is 8.04. The van der Waals surface area contributed by atoms with E-state index in [1.807, 2.05) is 6.92 Å². The summed E-state index contributed by atoms with van der Waals surface area (Å²) in [7, 11) is 0. The van der Waals surface area contributed by atoms with Crippen molar-refractivity contribution in [3.63, 3.8) is 0 Å². The molecule has 2 N–H and O–H groups in total. The minimum atomic E-state index is 0.541. The molecular weight excluding hydrogens is 228 g/mol. The van der Waals surface area contributed by atoms with Gasteiger partial charge in [0, 0.05) is 12.6 Å². The van der Waals surface area contributed by atoms with E-state index in [0.717, 1.165) is 29.1 Å². The highest BCUT2D eigenvalue weighted by atomic mass is 32.1. The molecule has 0 saturated heterocycles. The van der Waals surface area contributed by atoms with E-state index in [4.69, 9.17) is 12.2 Å². The summed E-state index contributed by atoms with van der Waals surface area (Å²) in [5.41, 5.74) is 1.11. The third kappa shape index (κ3) is 4.66. The van der Waals surface area contributed by atoms with E-state index >= 15 is 0 Å². The van der Waals surface area contributed by atoms with E-state index < -0.39 is 0 Å². The van der Waals surface area contributed by atoms with Gasteiger partial charge in [0.2, 0.25) is 0 Å². The number of nitrogens with one attached hydrogen (secondary N) is 2. The number of hydrogen-bond donors (Lipinski definition) is 2. The summed E-state index contributed by atoms with van der Waals surface area (Å²) in [6.07, 6.45) is 5.26. The lowest BCUT2D eigenvalue weighted by molar-refractivity contribution is 0.211. The molecule has 3 heteroatoms. The summed E-state index contributed by atoms with van der Waals surface area (Å²) in [4.78, 5) is 0. The molecule has 17 heavy (non-hydrogen) atoms. The topological polar surface area (TPSA) is 24.1 Å². The maximum absolute atomic E-state index is 5.34. The van der Waals surface area contributed by atoms with E-state index in [0.29, 0.717) is 6.04 Å². The molecule has 1 aliphatic carbocycles. The van der Waals surface area contributed by atoms with E-state index in [2.05, 4.69) is 31.1 Å². The van der Waals surface area contributed by atoms with Crippen molar-refractivity contribution in [3.8, 4) is 0 Å². The second-order valence-corrected chi connectivity index (χ2v) is 5.79. The van der Waals surface area contributed by atoms with Crippen LogP contribution in [0.4, 0.5) is 0 Å². The molecule has 0 aliphatic heterocycles. The number of rotatable bonds is 4. The lowest BCUT2D eigenvalue weighted by atomic mass is 9.76. The van der Waals surface area contributed by atoms with Gasteiger partial charge in [-0.1, -0.05) is 38.8 Å². The van der Waals surface area contributed by atoms with Crippen molar-refractivity contribution in [1.82, 2.24) is 10.6 Å². The minimum Gasteiger partial charge on any atom is -0.359 e. The van der Waals surface area contributed by atoms with Crippen LogP contribution in [0.25, 0.3) is 0 Å². The summed E-state index contributed by atoms with van der Waals surface area (Å²) in [6, 6.07) is 0.541. The van der Waals surface area contributed by atoms with Crippen LogP contribution in [0.3, 0.4) is 0 Å². The summed E-state index contributed by atoms with van der Waals surface area (Å²) < 4.78 is 0. The van der Waals surface area contributed by atoms with Crippen molar-refractivity contribution < 1.29 is 0 Å². The van der Waals surface area contributed by atoms with Gasteiger partial charge < -0.3 is 10.6 Å². The highest BCUT2D eigenvalue weighted by Gasteiger charge is 2.29. The van der Waals surface area contributed by atoms with Gasteiger partial charge in [-0.2, -0.15) is 0 Å². The van der Waals surface area contributed by atoms with Gasteiger partial charge in [0.15, 0.2) is 5.11 Å². The summed E-state index contributed by atoms with van der Waals surface area (Å²) in [5, 5.41) is 7.50. The van der Waals surface area contributed by atoms with Gasteiger partial charge in [0.05, 0.1) is 0 Å². The highest BCUT2D eigenvalue weighted by Crippen LogP contribution is 2.31. The Hall–Kier alpha value is -0.570. The monoisotopic (exact) mass is 254 g/mol. The van der Waals surface area contributed by atoms with Crippen LogP contribution < -0.4 is 10.6 Å². The largest absolute Gasteiger partial charge is 0.359 e. The number of thiocarbonyl (C=S) groups is 1. The van der Waals surface area contributed by atoms with Crippen molar-refractivity contribution in [3.05, 3.63) is 12.2 Å². The SMILES string of the molecule is C=C(C)CNC(=S)NC1C(C)CCCC1CC. The fraction of sp³-hybridized carbons (Fsp3) is 0.786. The first-order valence-electron chi connectivity index (χ1n) is 6.73. The predicted molar refractivity (Wildman–Crippen MR) is 79.1 cm³/mol. The molecule has 3 unspecified atom stereocenters. The van der Waals surface area contributed by atoms with Gasteiger partial charge in [0.25, 0.3) is 0 Å². The lowest BCUT2D eigenvalue weighted by Crippen LogP contribution is -2.50. The molecule has 2 nitrogen and oxygen atoms in total. The molecule has 0 aromatic heterocycles. The standard InChI is InChI=1S/C14H26N2S/c1-5-12-8-6-7-11(4)13(12)16-14(17)15-9-10(2)3/h11-13H,2,5-9H2,1,3-4H3,(H2,15,16,17). The Bertz CT molecular complexity index is 275. The molecule has 0 radical (unpaired) electrons. The van der Waals surface area contributed by atoms with Crippen LogP contribution >= 0.6 is 12.2 Å². The van der Waals surface area contributed by atoms with Crippen LogP contribution in [0.15, 0.2) is 12.2 Å². The average molecular weight is 254 g/mol. The van der Waals surface area contributed by atoms with Gasteiger partial charge in [-0.05, 0) is 43.8 Å². The second kappa shape index (κ2) is 7.00.